The van der Waals surface area contributed by atoms with Crippen molar-refractivity contribution in [2.75, 3.05) is 6.54 Å². The lowest BCUT2D eigenvalue weighted by Gasteiger charge is -2.26. The molecule has 2 unspecified atom stereocenters. The molecule has 1 fully saturated rings. The highest BCUT2D eigenvalue weighted by Crippen LogP contribution is 2.24. The summed E-state index contributed by atoms with van der Waals surface area (Å²) in [4.78, 5) is 37.7. The molecular weight excluding hydrogens is 389 g/mol. The monoisotopic (exact) mass is 413 g/mol. The lowest BCUT2D eigenvalue weighted by Crippen LogP contribution is -2.48. The van der Waals surface area contributed by atoms with Crippen LogP contribution in [0.1, 0.15) is 41.3 Å². The number of benzene rings is 2. The molecule has 1 aliphatic heterocycles. The summed E-state index contributed by atoms with van der Waals surface area (Å²) in [6.07, 6.45) is 1.58. The molecule has 3 rings (SSSR count). The van der Waals surface area contributed by atoms with Gasteiger partial charge in [-0.25, -0.2) is 4.39 Å². The van der Waals surface area contributed by atoms with Crippen molar-refractivity contribution in [3.63, 3.8) is 0 Å². The molecule has 158 valence electrons. The number of carbonyl (C=O) groups is 2. The van der Waals surface area contributed by atoms with Crippen molar-refractivity contribution < 1.29 is 18.9 Å². The van der Waals surface area contributed by atoms with E-state index in [1.165, 1.54) is 29.2 Å². The maximum Gasteiger partial charge on any atom is 0.272 e. The van der Waals surface area contributed by atoms with Crippen molar-refractivity contribution in [1.29, 1.82) is 0 Å². The van der Waals surface area contributed by atoms with Crippen molar-refractivity contribution >= 4 is 17.5 Å². The molecule has 2 aromatic rings. The Kier molecular flexibility index (Phi) is 6.44. The summed E-state index contributed by atoms with van der Waals surface area (Å²) in [5, 5.41) is 13.9. The number of nitro benzene ring substituents is 1. The molecule has 1 aliphatic rings. The fourth-order valence-electron chi connectivity index (χ4n) is 3.83. The van der Waals surface area contributed by atoms with Crippen LogP contribution in [0, 0.1) is 22.9 Å². The van der Waals surface area contributed by atoms with Crippen LogP contribution in [-0.4, -0.2) is 40.3 Å². The lowest BCUT2D eigenvalue weighted by atomic mass is 10.1. The molecule has 8 heteroatoms. The maximum atomic E-state index is 13.8. The van der Waals surface area contributed by atoms with Crippen molar-refractivity contribution in [1.82, 2.24) is 10.2 Å². The number of aryl methyl sites for hydroxylation is 1. The Bertz CT molecular complexity index is 979. The zero-order valence-corrected chi connectivity index (χ0v) is 16.9. The molecular formula is C22H24FN3O4. The van der Waals surface area contributed by atoms with Gasteiger partial charge in [0.05, 0.1) is 4.92 Å². The Labute approximate surface area is 174 Å². The quantitative estimate of drug-likeness (QED) is 0.580. The Hall–Kier alpha value is -3.29. The highest BCUT2D eigenvalue weighted by atomic mass is 19.1. The van der Waals surface area contributed by atoms with Crippen LogP contribution in [0.25, 0.3) is 0 Å². The topological polar surface area (TPSA) is 92.6 Å². The van der Waals surface area contributed by atoms with Crippen molar-refractivity contribution in [2.45, 2.75) is 45.2 Å². The van der Waals surface area contributed by atoms with Crippen LogP contribution in [0.15, 0.2) is 42.5 Å². The minimum atomic E-state index is -0.615. The van der Waals surface area contributed by atoms with Gasteiger partial charge in [0, 0.05) is 29.8 Å². The molecule has 0 aromatic heterocycles. The number of carbonyl (C=O) groups excluding carboxylic acids is 2. The molecule has 0 spiro atoms. The van der Waals surface area contributed by atoms with Crippen molar-refractivity contribution in [3.8, 4) is 0 Å². The van der Waals surface area contributed by atoms with E-state index < -0.39 is 11.0 Å². The number of hydrogen-bond donors (Lipinski definition) is 1. The predicted molar refractivity (Wildman–Crippen MR) is 110 cm³/mol. The molecule has 30 heavy (non-hydrogen) atoms. The molecule has 2 amide bonds. The first-order valence-electron chi connectivity index (χ1n) is 9.87. The van der Waals surface area contributed by atoms with E-state index in [1.807, 2.05) is 0 Å². The fraction of sp³-hybridized carbons (Fsp3) is 0.364. The first-order chi connectivity index (χ1) is 14.3. The maximum absolute atomic E-state index is 13.8. The van der Waals surface area contributed by atoms with E-state index in [0.29, 0.717) is 42.5 Å². The van der Waals surface area contributed by atoms with E-state index in [2.05, 4.69) is 5.32 Å². The van der Waals surface area contributed by atoms with E-state index in [-0.39, 0.29) is 29.4 Å². The molecule has 7 nitrogen and oxygen atoms in total. The third-order valence-electron chi connectivity index (χ3n) is 5.33. The third kappa shape index (κ3) is 4.64. The first kappa shape index (κ1) is 21.4. The normalized spacial score (nSPS) is 16.9. The van der Waals surface area contributed by atoms with E-state index in [9.17, 15) is 24.1 Å². The molecule has 1 N–H and O–H groups in total. The summed E-state index contributed by atoms with van der Waals surface area (Å²) in [6, 6.07) is 9.72. The second-order valence-electron chi connectivity index (χ2n) is 7.62. The number of nitrogens with zero attached hydrogens (tertiary/aromatic N) is 2. The smallest absolute Gasteiger partial charge is 0.272 e. The molecule has 2 aromatic carbocycles. The molecule has 1 heterocycles. The first-order valence-corrected chi connectivity index (χ1v) is 9.87. The Morgan fingerprint density at radius 1 is 1.30 bits per heavy atom. The van der Waals surface area contributed by atoms with Gasteiger partial charge in [0.2, 0.25) is 5.91 Å². The zero-order chi connectivity index (χ0) is 21.8. The third-order valence-corrected chi connectivity index (χ3v) is 5.33. The van der Waals surface area contributed by atoms with Crippen molar-refractivity contribution in [3.05, 3.63) is 75.1 Å². The van der Waals surface area contributed by atoms with Gasteiger partial charge in [-0.2, -0.15) is 0 Å². The Morgan fingerprint density at radius 2 is 2.03 bits per heavy atom. The molecule has 2 atom stereocenters. The molecule has 0 bridgehead atoms. The standard InChI is InChI=1S/C22H24FN3O4/c1-14-12-17(9-10-19(14)26(29)30)22(28)25-11-5-8-20(25)21(27)24-15(2)13-16-6-3-4-7-18(16)23/h3-4,6-7,9-10,12,15,20H,5,8,11,13H2,1-2H3,(H,24,27). The number of hydrogen-bond acceptors (Lipinski definition) is 4. The minimum absolute atomic E-state index is 0.0516. The number of amides is 2. The second-order valence-corrected chi connectivity index (χ2v) is 7.62. The van der Waals surface area contributed by atoms with Gasteiger partial charge in [0.25, 0.3) is 11.6 Å². The highest BCUT2D eigenvalue weighted by Gasteiger charge is 2.35. The van der Waals surface area contributed by atoms with Crippen LogP contribution < -0.4 is 5.32 Å². The van der Waals surface area contributed by atoms with E-state index in [0.717, 1.165) is 0 Å². The summed E-state index contributed by atoms with van der Waals surface area (Å²) >= 11 is 0. The van der Waals surface area contributed by atoms with Crippen LogP contribution >= 0.6 is 0 Å². The molecule has 1 saturated heterocycles. The molecule has 0 aliphatic carbocycles. The lowest BCUT2D eigenvalue weighted by molar-refractivity contribution is -0.385. The number of nitrogens with one attached hydrogen (secondary N) is 1. The number of rotatable bonds is 6. The Morgan fingerprint density at radius 3 is 2.70 bits per heavy atom. The van der Waals surface area contributed by atoms with Gasteiger partial charge >= 0.3 is 0 Å². The van der Waals surface area contributed by atoms with Gasteiger partial charge in [-0.15, -0.1) is 0 Å². The van der Waals surface area contributed by atoms with Crippen LogP contribution in [-0.2, 0) is 11.2 Å². The van der Waals surface area contributed by atoms with E-state index >= 15 is 0 Å². The average molecular weight is 413 g/mol. The predicted octanol–water partition coefficient (Wildman–Crippen LogP) is 3.39. The second kappa shape index (κ2) is 9.02. The van der Waals surface area contributed by atoms with Gasteiger partial charge in [-0.3, -0.25) is 19.7 Å². The highest BCUT2D eigenvalue weighted by molar-refractivity contribution is 5.98. The average Bonchev–Trinajstić information content (AvgIpc) is 3.18. The van der Waals surface area contributed by atoms with Crippen LogP contribution in [0.4, 0.5) is 10.1 Å². The van der Waals surface area contributed by atoms with Gasteiger partial charge in [-0.05, 0) is 56.9 Å². The Balaban J connectivity index is 1.68. The number of nitro groups is 1. The zero-order valence-electron chi connectivity index (χ0n) is 16.9. The van der Waals surface area contributed by atoms with Crippen LogP contribution in [0.5, 0.6) is 0 Å². The summed E-state index contributed by atoms with van der Waals surface area (Å²) in [5.41, 5.74) is 1.18. The summed E-state index contributed by atoms with van der Waals surface area (Å²) in [5.74, 6) is -0.916. The SMILES string of the molecule is Cc1cc(C(=O)N2CCCC2C(=O)NC(C)Cc2ccccc2F)ccc1[N+](=O)[O-]. The van der Waals surface area contributed by atoms with E-state index in [1.54, 1.807) is 32.0 Å². The number of likely N-dealkylation sites (tertiary alicyclic amines) is 1. The van der Waals surface area contributed by atoms with Crippen LogP contribution in [0.3, 0.4) is 0 Å². The van der Waals surface area contributed by atoms with Crippen LogP contribution in [0.2, 0.25) is 0 Å². The number of halogens is 1. The van der Waals surface area contributed by atoms with Gasteiger partial charge < -0.3 is 10.2 Å². The summed E-state index contributed by atoms with van der Waals surface area (Å²) in [7, 11) is 0. The van der Waals surface area contributed by atoms with Crippen molar-refractivity contribution in [2.24, 2.45) is 0 Å². The fourth-order valence-corrected chi connectivity index (χ4v) is 3.83. The summed E-state index contributed by atoms with van der Waals surface area (Å²) in [6.45, 7) is 3.81. The van der Waals surface area contributed by atoms with Gasteiger partial charge in [0.15, 0.2) is 0 Å². The van der Waals surface area contributed by atoms with Gasteiger partial charge in [-0.1, -0.05) is 18.2 Å². The summed E-state index contributed by atoms with van der Waals surface area (Å²) < 4.78 is 13.8. The largest absolute Gasteiger partial charge is 0.352 e. The van der Waals surface area contributed by atoms with E-state index in [4.69, 9.17) is 0 Å². The van der Waals surface area contributed by atoms with Gasteiger partial charge in [0.1, 0.15) is 11.9 Å². The molecule has 0 radical (unpaired) electrons. The molecule has 0 saturated carbocycles. The minimum Gasteiger partial charge on any atom is -0.352 e.